The first-order valence-electron chi connectivity index (χ1n) is 7.11. The molecule has 2 heteroatoms. The van der Waals surface area contributed by atoms with E-state index >= 15 is 0 Å². The standard InChI is InChI=1S/C19H21NO/c1-13-6-8-17(15(10-13)12-20)21-18-9-7-14(2)11-16(18)19(3,4)5/h6-11H,1-5H3. The van der Waals surface area contributed by atoms with Crippen LogP contribution in [-0.2, 0) is 5.41 Å². The second-order valence-electron chi connectivity index (χ2n) is 6.46. The molecule has 0 radical (unpaired) electrons. The highest BCUT2D eigenvalue weighted by atomic mass is 16.5. The second-order valence-corrected chi connectivity index (χ2v) is 6.46. The molecule has 0 aliphatic carbocycles. The van der Waals surface area contributed by atoms with Crippen LogP contribution in [0, 0.1) is 25.2 Å². The molecule has 0 saturated heterocycles. The van der Waals surface area contributed by atoms with Crippen LogP contribution in [0.2, 0.25) is 0 Å². The Morgan fingerprint density at radius 2 is 1.48 bits per heavy atom. The lowest BCUT2D eigenvalue weighted by atomic mass is 9.85. The summed E-state index contributed by atoms with van der Waals surface area (Å²) in [4.78, 5) is 0. The van der Waals surface area contributed by atoms with Gasteiger partial charge in [0.15, 0.2) is 0 Å². The smallest absolute Gasteiger partial charge is 0.145 e. The summed E-state index contributed by atoms with van der Waals surface area (Å²) in [6.45, 7) is 10.5. The molecule has 0 spiro atoms. The van der Waals surface area contributed by atoms with Gasteiger partial charge in [-0.3, -0.25) is 0 Å². The van der Waals surface area contributed by atoms with E-state index in [0.717, 1.165) is 16.9 Å². The Bertz CT molecular complexity index is 702. The van der Waals surface area contributed by atoms with Crippen molar-refractivity contribution in [3.8, 4) is 17.6 Å². The molecule has 0 amide bonds. The molecule has 0 aromatic heterocycles. The summed E-state index contributed by atoms with van der Waals surface area (Å²) in [6.07, 6.45) is 0. The molecule has 0 aliphatic rings. The number of rotatable bonds is 2. The van der Waals surface area contributed by atoms with Crippen LogP contribution < -0.4 is 4.74 Å². The molecular formula is C19H21NO. The zero-order valence-corrected chi connectivity index (χ0v) is 13.3. The topological polar surface area (TPSA) is 33.0 Å². The van der Waals surface area contributed by atoms with E-state index in [9.17, 15) is 5.26 Å². The van der Waals surface area contributed by atoms with Crippen molar-refractivity contribution >= 4 is 0 Å². The van der Waals surface area contributed by atoms with Crippen LogP contribution in [0.3, 0.4) is 0 Å². The summed E-state index contributed by atoms with van der Waals surface area (Å²) in [6, 6.07) is 14.0. The van der Waals surface area contributed by atoms with E-state index in [4.69, 9.17) is 4.74 Å². The molecule has 0 N–H and O–H groups in total. The largest absolute Gasteiger partial charge is 0.456 e. The van der Waals surface area contributed by atoms with Crippen LogP contribution >= 0.6 is 0 Å². The molecule has 0 aliphatic heterocycles. The third-order valence-electron chi connectivity index (χ3n) is 3.42. The summed E-state index contributed by atoms with van der Waals surface area (Å²) < 4.78 is 6.05. The summed E-state index contributed by atoms with van der Waals surface area (Å²) in [5.74, 6) is 1.42. The highest BCUT2D eigenvalue weighted by molar-refractivity contribution is 5.50. The number of nitriles is 1. The predicted molar refractivity (Wildman–Crippen MR) is 85.8 cm³/mol. The van der Waals surface area contributed by atoms with E-state index in [0.29, 0.717) is 11.3 Å². The van der Waals surface area contributed by atoms with Crippen LogP contribution in [0.25, 0.3) is 0 Å². The van der Waals surface area contributed by atoms with Crippen LogP contribution in [-0.4, -0.2) is 0 Å². The molecule has 0 atom stereocenters. The van der Waals surface area contributed by atoms with Gasteiger partial charge in [0.05, 0.1) is 5.56 Å². The molecule has 2 aromatic rings. The fourth-order valence-electron chi connectivity index (χ4n) is 2.26. The maximum Gasteiger partial charge on any atom is 0.145 e. The molecule has 0 heterocycles. The van der Waals surface area contributed by atoms with E-state index in [1.165, 1.54) is 5.56 Å². The highest BCUT2D eigenvalue weighted by Gasteiger charge is 2.20. The van der Waals surface area contributed by atoms with Crippen molar-refractivity contribution < 1.29 is 4.74 Å². The van der Waals surface area contributed by atoms with Crippen molar-refractivity contribution in [2.45, 2.75) is 40.0 Å². The SMILES string of the molecule is Cc1ccc(Oc2ccc(C)cc2C(C)(C)C)c(C#N)c1. The van der Waals surface area contributed by atoms with E-state index < -0.39 is 0 Å². The molecule has 21 heavy (non-hydrogen) atoms. The van der Waals surface area contributed by atoms with Crippen molar-refractivity contribution in [3.05, 3.63) is 58.7 Å². The van der Waals surface area contributed by atoms with Crippen LogP contribution in [0.1, 0.15) is 43.0 Å². The minimum Gasteiger partial charge on any atom is -0.456 e. The number of ether oxygens (including phenoxy) is 1. The van der Waals surface area contributed by atoms with Gasteiger partial charge in [0.25, 0.3) is 0 Å². The molecular weight excluding hydrogens is 258 g/mol. The Morgan fingerprint density at radius 3 is 2.05 bits per heavy atom. The van der Waals surface area contributed by atoms with Crippen LogP contribution in [0.15, 0.2) is 36.4 Å². The summed E-state index contributed by atoms with van der Waals surface area (Å²) in [5, 5.41) is 9.26. The summed E-state index contributed by atoms with van der Waals surface area (Å²) in [7, 11) is 0. The molecule has 2 nitrogen and oxygen atoms in total. The number of benzene rings is 2. The van der Waals surface area contributed by atoms with E-state index in [-0.39, 0.29) is 5.41 Å². The van der Waals surface area contributed by atoms with Crippen molar-refractivity contribution in [1.82, 2.24) is 0 Å². The maximum atomic E-state index is 9.26. The molecule has 0 bridgehead atoms. The lowest BCUT2D eigenvalue weighted by Crippen LogP contribution is -2.13. The highest BCUT2D eigenvalue weighted by Crippen LogP contribution is 2.35. The minimum absolute atomic E-state index is 0.0150. The molecule has 0 saturated carbocycles. The Hall–Kier alpha value is -2.27. The third-order valence-corrected chi connectivity index (χ3v) is 3.42. The summed E-state index contributed by atoms with van der Waals surface area (Å²) >= 11 is 0. The quantitative estimate of drug-likeness (QED) is 0.750. The van der Waals surface area contributed by atoms with Gasteiger partial charge < -0.3 is 4.74 Å². The zero-order valence-electron chi connectivity index (χ0n) is 13.3. The number of hydrogen-bond donors (Lipinski definition) is 0. The number of hydrogen-bond acceptors (Lipinski definition) is 2. The van der Waals surface area contributed by atoms with E-state index in [1.54, 1.807) is 0 Å². The second kappa shape index (κ2) is 5.61. The fourth-order valence-corrected chi connectivity index (χ4v) is 2.26. The van der Waals surface area contributed by atoms with Gasteiger partial charge in [-0.2, -0.15) is 5.26 Å². The van der Waals surface area contributed by atoms with Crippen LogP contribution in [0.4, 0.5) is 0 Å². The van der Waals surface area contributed by atoms with Gasteiger partial charge in [0, 0.05) is 5.56 Å². The van der Waals surface area contributed by atoms with Gasteiger partial charge in [-0.05, 0) is 43.0 Å². The van der Waals surface area contributed by atoms with Crippen molar-refractivity contribution in [2.24, 2.45) is 0 Å². The first kappa shape index (κ1) is 15.1. The van der Waals surface area contributed by atoms with Gasteiger partial charge in [-0.25, -0.2) is 0 Å². The van der Waals surface area contributed by atoms with Gasteiger partial charge in [-0.15, -0.1) is 0 Å². The van der Waals surface area contributed by atoms with Gasteiger partial charge in [0.1, 0.15) is 17.6 Å². The Kier molecular flexibility index (Phi) is 4.04. The Morgan fingerprint density at radius 1 is 0.905 bits per heavy atom. The Labute approximate surface area is 127 Å². The molecule has 0 unspecified atom stereocenters. The summed E-state index contributed by atoms with van der Waals surface area (Å²) in [5.41, 5.74) is 3.96. The Balaban J connectivity index is 2.48. The third kappa shape index (κ3) is 3.44. The lowest BCUT2D eigenvalue weighted by Gasteiger charge is -2.23. The average Bonchev–Trinajstić information content (AvgIpc) is 2.41. The molecule has 108 valence electrons. The molecule has 2 aromatic carbocycles. The number of aryl methyl sites for hydroxylation is 2. The predicted octanol–water partition coefficient (Wildman–Crippen LogP) is 5.26. The number of nitrogens with zero attached hydrogens (tertiary/aromatic N) is 1. The average molecular weight is 279 g/mol. The monoisotopic (exact) mass is 279 g/mol. The van der Waals surface area contributed by atoms with Crippen molar-refractivity contribution in [1.29, 1.82) is 5.26 Å². The van der Waals surface area contributed by atoms with Gasteiger partial charge >= 0.3 is 0 Å². The molecule has 0 fully saturated rings. The normalized spacial score (nSPS) is 11.0. The van der Waals surface area contributed by atoms with E-state index in [2.05, 4.69) is 39.8 Å². The van der Waals surface area contributed by atoms with Crippen molar-refractivity contribution in [2.75, 3.05) is 0 Å². The zero-order chi connectivity index (χ0) is 15.6. The minimum atomic E-state index is -0.0150. The van der Waals surface area contributed by atoms with Crippen LogP contribution in [0.5, 0.6) is 11.5 Å². The lowest BCUT2D eigenvalue weighted by molar-refractivity contribution is 0.454. The van der Waals surface area contributed by atoms with Gasteiger partial charge in [0.2, 0.25) is 0 Å². The first-order chi connectivity index (χ1) is 9.81. The van der Waals surface area contributed by atoms with E-state index in [1.807, 2.05) is 37.3 Å². The first-order valence-corrected chi connectivity index (χ1v) is 7.11. The fraction of sp³-hybridized carbons (Fsp3) is 0.316. The van der Waals surface area contributed by atoms with Gasteiger partial charge in [-0.1, -0.05) is 44.5 Å². The van der Waals surface area contributed by atoms with Crippen molar-refractivity contribution in [3.63, 3.8) is 0 Å². The molecule has 2 rings (SSSR count). The maximum absolute atomic E-state index is 9.26.